The van der Waals surface area contributed by atoms with E-state index < -0.39 is 6.10 Å². The molecule has 0 saturated heterocycles. The first kappa shape index (κ1) is 16.1. The normalized spacial score (nSPS) is 12.1. The fraction of sp³-hybridized carbons (Fsp3) is 0.533. The Labute approximate surface area is 120 Å². The molecule has 1 amide bonds. The van der Waals surface area contributed by atoms with Crippen LogP contribution in [0.15, 0.2) is 18.2 Å². The van der Waals surface area contributed by atoms with E-state index in [1.54, 1.807) is 25.1 Å². The number of anilines is 1. The van der Waals surface area contributed by atoms with Crippen LogP contribution in [0.25, 0.3) is 0 Å². The fourth-order valence-corrected chi connectivity index (χ4v) is 1.84. The average Bonchev–Trinajstić information content (AvgIpc) is 2.45. The van der Waals surface area contributed by atoms with Crippen LogP contribution in [0, 0.1) is 0 Å². The zero-order valence-corrected chi connectivity index (χ0v) is 12.6. The molecule has 0 aromatic heterocycles. The van der Waals surface area contributed by atoms with Crippen molar-refractivity contribution in [2.24, 2.45) is 0 Å². The van der Waals surface area contributed by atoms with E-state index in [2.05, 4.69) is 5.32 Å². The van der Waals surface area contributed by atoms with Crippen molar-refractivity contribution < 1.29 is 14.3 Å². The van der Waals surface area contributed by atoms with Gasteiger partial charge in [-0.15, -0.1) is 0 Å². The van der Waals surface area contributed by atoms with Crippen LogP contribution < -0.4 is 20.5 Å². The summed E-state index contributed by atoms with van der Waals surface area (Å²) in [6, 6.07) is 5.26. The van der Waals surface area contributed by atoms with Crippen LogP contribution in [0.3, 0.4) is 0 Å². The Morgan fingerprint density at radius 1 is 1.30 bits per heavy atom. The van der Waals surface area contributed by atoms with Crippen LogP contribution in [0.2, 0.25) is 0 Å². The SMILES string of the molecule is CCC(CC)NC(=O)C(C)Oc1ccc(N)cc1OC. The molecule has 1 rings (SSSR count). The number of carbonyl (C=O) groups is 1. The summed E-state index contributed by atoms with van der Waals surface area (Å²) in [5, 5.41) is 2.96. The van der Waals surface area contributed by atoms with Gasteiger partial charge in [0.15, 0.2) is 17.6 Å². The summed E-state index contributed by atoms with van der Waals surface area (Å²) >= 11 is 0. The zero-order chi connectivity index (χ0) is 15.1. The molecule has 0 saturated carbocycles. The van der Waals surface area contributed by atoms with Crippen molar-refractivity contribution in [2.75, 3.05) is 12.8 Å². The first-order valence-corrected chi connectivity index (χ1v) is 6.92. The van der Waals surface area contributed by atoms with E-state index in [-0.39, 0.29) is 11.9 Å². The second kappa shape index (κ2) is 7.62. The third-order valence-electron chi connectivity index (χ3n) is 3.19. The third-order valence-corrected chi connectivity index (χ3v) is 3.19. The molecule has 5 nitrogen and oxygen atoms in total. The molecule has 0 aliphatic heterocycles. The number of rotatable bonds is 7. The molecule has 0 aliphatic rings. The van der Waals surface area contributed by atoms with Gasteiger partial charge in [-0.05, 0) is 31.9 Å². The van der Waals surface area contributed by atoms with E-state index in [4.69, 9.17) is 15.2 Å². The number of methoxy groups -OCH3 is 1. The highest BCUT2D eigenvalue weighted by Gasteiger charge is 2.19. The van der Waals surface area contributed by atoms with Gasteiger partial charge in [-0.3, -0.25) is 4.79 Å². The smallest absolute Gasteiger partial charge is 0.260 e. The summed E-state index contributed by atoms with van der Waals surface area (Å²) in [5.74, 6) is 0.902. The Morgan fingerprint density at radius 3 is 2.50 bits per heavy atom. The minimum Gasteiger partial charge on any atom is -0.493 e. The molecular formula is C15H24N2O3. The number of hydrogen-bond donors (Lipinski definition) is 2. The minimum atomic E-state index is -0.590. The summed E-state index contributed by atoms with van der Waals surface area (Å²) in [6.07, 6.45) is 1.22. The quantitative estimate of drug-likeness (QED) is 0.752. The van der Waals surface area contributed by atoms with Gasteiger partial charge < -0.3 is 20.5 Å². The lowest BCUT2D eigenvalue weighted by atomic mass is 10.1. The molecule has 1 aromatic carbocycles. The first-order valence-electron chi connectivity index (χ1n) is 6.92. The Bertz CT molecular complexity index is 445. The highest BCUT2D eigenvalue weighted by atomic mass is 16.5. The van der Waals surface area contributed by atoms with Gasteiger partial charge in [-0.1, -0.05) is 13.8 Å². The summed E-state index contributed by atoms with van der Waals surface area (Å²) < 4.78 is 10.8. The van der Waals surface area contributed by atoms with Gasteiger partial charge in [-0.2, -0.15) is 0 Å². The monoisotopic (exact) mass is 280 g/mol. The zero-order valence-electron chi connectivity index (χ0n) is 12.6. The van der Waals surface area contributed by atoms with Gasteiger partial charge in [0.1, 0.15) is 0 Å². The molecule has 3 N–H and O–H groups in total. The van der Waals surface area contributed by atoms with Crippen LogP contribution in [0.1, 0.15) is 33.6 Å². The summed E-state index contributed by atoms with van der Waals surface area (Å²) in [4.78, 5) is 12.0. The van der Waals surface area contributed by atoms with Gasteiger partial charge in [0.05, 0.1) is 7.11 Å². The van der Waals surface area contributed by atoms with Gasteiger partial charge >= 0.3 is 0 Å². The largest absolute Gasteiger partial charge is 0.493 e. The van der Waals surface area contributed by atoms with Crippen LogP contribution in [0.4, 0.5) is 5.69 Å². The van der Waals surface area contributed by atoms with Gasteiger partial charge in [0.25, 0.3) is 5.91 Å². The van der Waals surface area contributed by atoms with E-state index in [9.17, 15) is 4.79 Å². The number of nitrogens with one attached hydrogen (secondary N) is 1. The molecule has 1 atom stereocenters. The maximum Gasteiger partial charge on any atom is 0.260 e. The van der Waals surface area contributed by atoms with Crippen LogP contribution in [0.5, 0.6) is 11.5 Å². The number of carbonyl (C=O) groups excluding carboxylic acids is 1. The molecule has 0 bridgehead atoms. The number of hydrogen-bond acceptors (Lipinski definition) is 4. The average molecular weight is 280 g/mol. The highest BCUT2D eigenvalue weighted by Crippen LogP contribution is 2.29. The molecule has 1 aromatic rings. The molecule has 0 fully saturated rings. The molecule has 0 radical (unpaired) electrons. The summed E-state index contributed by atoms with van der Waals surface area (Å²) in [6.45, 7) is 5.81. The lowest BCUT2D eigenvalue weighted by Crippen LogP contribution is -2.42. The predicted molar refractivity (Wildman–Crippen MR) is 80.0 cm³/mol. The van der Waals surface area contributed by atoms with E-state index in [0.717, 1.165) is 12.8 Å². The highest BCUT2D eigenvalue weighted by molar-refractivity contribution is 5.81. The van der Waals surface area contributed by atoms with E-state index in [1.807, 2.05) is 13.8 Å². The maximum absolute atomic E-state index is 12.0. The van der Waals surface area contributed by atoms with E-state index in [0.29, 0.717) is 17.2 Å². The van der Waals surface area contributed by atoms with E-state index >= 15 is 0 Å². The molecule has 0 heterocycles. The molecule has 0 spiro atoms. The standard InChI is InChI=1S/C15H24N2O3/c1-5-12(6-2)17-15(18)10(3)20-13-8-7-11(16)9-14(13)19-4/h7-10,12H,5-6,16H2,1-4H3,(H,17,18). The van der Waals surface area contributed by atoms with Crippen molar-refractivity contribution in [3.63, 3.8) is 0 Å². The van der Waals surface area contributed by atoms with Crippen molar-refractivity contribution in [1.82, 2.24) is 5.32 Å². The third kappa shape index (κ3) is 4.33. The van der Waals surface area contributed by atoms with Gasteiger partial charge in [-0.25, -0.2) is 0 Å². The van der Waals surface area contributed by atoms with Crippen molar-refractivity contribution in [3.8, 4) is 11.5 Å². The molecule has 1 unspecified atom stereocenters. The number of benzene rings is 1. The maximum atomic E-state index is 12.0. The van der Waals surface area contributed by atoms with E-state index in [1.165, 1.54) is 7.11 Å². The van der Waals surface area contributed by atoms with Crippen molar-refractivity contribution >= 4 is 11.6 Å². The Kier molecular flexibility index (Phi) is 6.15. The second-order valence-electron chi connectivity index (χ2n) is 4.69. The van der Waals surface area contributed by atoms with Crippen molar-refractivity contribution in [1.29, 1.82) is 0 Å². The number of ether oxygens (including phenoxy) is 2. The molecule has 112 valence electrons. The Hall–Kier alpha value is -1.91. The van der Waals surface area contributed by atoms with Crippen LogP contribution in [-0.4, -0.2) is 25.2 Å². The molecule has 20 heavy (non-hydrogen) atoms. The second-order valence-corrected chi connectivity index (χ2v) is 4.69. The van der Waals surface area contributed by atoms with Crippen molar-refractivity contribution in [2.45, 2.75) is 45.8 Å². The number of amides is 1. The molecule has 0 aliphatic carbocycles. The Balaban J connectivity index is 2.70. The lowest BCUT2D eigenvalue weighted by Gasteiger charge is -2.20. The Morgan fingerprint density at radius 2 is 1.95 bits per heavy atom. The molecular weight excluding hydrogens is 256 g/mol. The summed E-state index contributed by atoms with van der Waals surface area (Å²) in [7, 11) is 1.54. The van der Waals surface area contributed by atoms with Crippen molar-refractivity contribution in [3.05, 3.63) is 18.2 Å². The first-order chi connectivity index (χ1) is 9.51. The minimum absolute atomic E-state index is 0.127. The van der Waals surface area contributed by atoms with Gasteiger partial charge in [0.2, 0.25) is 0 Å². The van der Waals surface area contributed by atoms with Crippen LogP contribution in [-0.2, 0) is 4.79 Å². The van der Waals surface area contributed by atoms with Gasteiger partial charge in [0, 0.05) is 17.8 Å². The molecule has 5 heteroatoms. The number of nitrogens with two attached hydrogens (primary N) is 1. The lowest BCUT2D eigenvalue weighted by molar-refractivity contribution is -0.128. The predicted octanol–water partition coefficient (Wildman–Crippen LogP) is 2.35. The number of nitrogen functional groups attached to an aromatic ring is 1. The van der Waals surface area contributed by atoms with Crippen LogP contribution >= 0.6 is 0 Å². The summed E-state index contributed by atoms with van der Waals surface area (Å²) in [5.41, 5.74) is 6.27. The topological polar surface area (TPSA) is 73.6 Å². The fourth-order valence-electron chi connectivity index (χ4n) is 1.84.